The van der Waals surface area contributed by atoms with Gasteiger partial charge in [-0.1, -0.05) is 59.8 Å². The Morgan fingerprint density at radius 3 is 1.06 bits per heavy atom. The molecule has 4 heteroatoms. The molecule has 0 aromatic heterocycles. The van der Waals surface area contributed by atoms with Crippen LogP contribution in [0.5, 0.6) is 0 Å². The molecule has 1 aliphatic carbocycles. The summed E-state index contributed by atoms with van der Waals surface area (Å²) in [6.45, 7) is 35.9. The van der Waals surface area contributed by atoms with Crippen molar-refractivity contribution in [2.45, 2.75) is 54.9 Å². The van der Waals surface area contributed by atoms with Crippen molar-refractivity contribution in [2.24, 2.45) is 0 Å². The zero-order valence-electron chi connectivity index (χ0n) is 21.9. The molecule has 179 valence electrons. The molecular formula is C27H52N3Ti. The third kappa shape index (κ3) is 23.8. The van der Waals surface area contributed by atoms with Crippen LogP contribution in [0.1, 0.15) is 54.9 Å². The average Bonchev–Trinajstić information content (AvgIpc) is 3.17. The molecule has 0 aromatic carbocycles. The minimum atomic E-state index is 1.02. The van der Waals surface area contributed by atoms with Gasteiger partial charge in [0.1, 0.15) is 0 Å². The fraction of sp³-hybridized carbons (Fsp3) is 0.630. The third-order valence-electron chi connectivity index (χ3n) is 5.01. The van der Waals surface area contributed by atoms with Gasteiger partial charge in [0.15, 0.2) is 0 Å². The number of nitrogens with zero attached hydrogens (tertiary/aromatic N) is 3. The number of hydrogen-bond donors (Lipinski definition) is 0. The van der Waals surface area contributed by atoms with E-state index in [1.165, 1.54) is 15.9 Å². The Kier molecular flexibility index (Phi) is 30.8. The van der Waals surface area contributed by atoms with Crippen LogP contribution in [0, 0.1) is 0 Å². The van der Waals surface area contributed by atoms with Gasteiger partial charge in [-0.25, -0.2) is 0 Å². The summed E-state index contributed by atoms with van der Waals surface area (Å²) in [4.78, 5) is 6.94. The molecule has 3 nitrogen and oxygen atoms in total. The third-order valence-corrected chi connectivity index (χ3v) is 5.95. The van der Waals surface area contributed by atoms with Crippen LogP contribution < -0.4 is 0 Å². The van der Waals surface area contributed by atoms with Gasteiger partial charge in [-0.2, -0.15) is 0 Å². The van der Waals surface area contributed by atoms with Gasteiger partial charge in [0, 0.05) is 19.6 Å². The Morgan fingerprint density at radius 1 is 0.710 bits per heavy atom. The Hall–Kier alpha value is -0.706. The Bertz CT molecular complexity index is 428. The molecule has 0 aromatic rings. The second-order valence-electron chi connectivity index (χ2n) is 7.09. The van der Waals surface area contributed by atoms with E-state index >= 15 is 0 Å². The van der Waals surface area contributed by atoms with Gasteiger partial charge in [0.25, 0.3) is 0 Å². The van der Waals surface area contributed by atoms with E-state index in [0.29, 0.717) is 0 Å². The zero-order chi connectivity index (χ0) is 24.5. The summed E-state index contributed by atoms with van der Waals surface area (Å²) in [7, 11) is 0. The maximum absolute atomic E-state index is 3.65. The van der Waals surface area contributed by atoms with Gasteiger partial charge in [0.2, 0.25) is 0 Å². The van der Waals surface area contributed by atoms with Crippen molar-refractivity contribution < 1.29 is 20.4 Å². The predicted octanol–water partition coefficient (Wildman–Crippen LogP) is 6.31. The molecule has 0 heterocycles. The molecule has 0 fully saturated rings. The quantitative estimate of drug-likeness (QED) is 0.247. The van der Waals surface area contributed by atoms with Crippen molar-refractivity contribution in [3.05, 3.63) is 59.6 Å². The van der Waals surface area contributed by atoms with E-state index in [0.717, 1.165) is 58.9 Å². The summed E-state index contributed by atoms with van der Waals surface area (Å²) in [5.41, 5.74) is 1.44. The zero-order valence-corrected chi connectivity index (χ0v) is 23.5. The molecule has 0 atom stereocenters. The van der Waals surface area contributed by atoms with Crippen molar-refractivity contribution in [2.75, 3.05) is 58.9 Å². The van der Waals surface area contributed by atoms with E-state index in [-0.39, 0.29) is 0 Å². The monoisotopic (exact) mass is 466 g/mol. The summed E-state index contributed by atoms with van der Waals surface area (Å²) < 4.78 is 1.51. The molecule has 0 radical (unpaired) electrons. The normalized spacial score (nSPS) is 11.9. The van der Waals surface area contributed by atoms with Crippen molar-refractivity contribution in [3.63, 3.8) is 0 Å². The number of hydrogen-bond acceptors (Lipinski definition) is 3. The molecule has 0 spiro atoms. The van der Waals surface area contributed by atoms with Crippen LogP contribution in [0.25, 0.3) is 0 Å². The van der Waals surface area contributed by atoms with E-state index in [9.17, 15) is 0 Å². The van der Waals surface area contributed by atoms with Crippen LogP contribution in [-0.4, -0.2) is 73.6 Å². The number of likely N-dealkylation sites (N-methyl/N-ethyl adjacent to an activating group) is 3. The van der Waals surface area contributed by atoms with E-state index in [4.69, 9.17) is 0 Å². The van der Waals surface area contributed by atoms with Crippen molar-refractivity contribution in [3.8, 4) is 0 Å². The first kappa shape index (κ1) is 34.9. The summed E-state index contributed by atoms with van der Waals surface area (Å²) in [6, 6.07) is 0. The molecule has 0 saturated heterocycles. The van der Waals surface area contributed by atoms with Gasteiger partial charge in [-0.05, 0) is 39.3 Å². The molecular weight excluding hydrogens is 414 g/mol. The van der Waals surface area contributed by atoms with Gasteiger partial charge in [0.05, 0.1) is 0 Å². The van der Waals surface area contributed by atoms with Crippen molar-refractivity contribution in [1.82, 2.24) is 14.7 Å². The maximum atomic E-state index is 3.65. The molecule has 31 heavy (non-hydrogen) atoms. The average molecular weight is 467 g/mol. The minimum absolute atomic E-state index is 1.02. The van der Waals surface area contributed by atoms with Crippen LogP contribution in [0.2, 0.25) is 0 Å². The first-order valence-electron chi connectivity index (χ1n) is 11.9. The summed E-state index contributed by atoms with van der Waals surface area (Å²) in [5, 5.41) is 0. The van der Waals surface area contributed by atoms with Crippen molar-refractivity contribution in [1.29, 1.82) is 0 Å². The van der Waals surface area contributed by atoms with Gasteiger partial charge in [-0.15, -0.1) is 19.7 Å². The standard InChI is InChI=1S/3C7H15N.C6H7.Ti/c3*1-4-7-8(5-2)6-3;1-6-4-2-3-5-6;/h3*4H,1,5-7H2,2-3H3;2,4H,3H2,1H3;. The molecule has 0 N–H and O–H groups in total. The molecule has 0 bridgehead atoms. The molecule has 0 aliphatic heterocycles. The first-order chi connectivity index (χ1) is 14.8. The summed E-state index contributed by atoms with van der Waals surface area (Å²) in [5.74, 6) is 0. The molecule has 0 unspecified atom stereocenters. The molecule has 0 saturated carbocycles. The van der Waals surface area contributed by atoms with E-state index in [1.54, 1.807) is 0 Å². The fourth-order valence-corrected chi connectivity index (χ4v) is 2.92. The van der Waals surface area contributed by atoms with E-state index in [2.05, 4.69) is 115 Å². The summed E-state index contributed by atoms with van der Waals surface area (Å²) in [6.07, 6.45) is 11.4. The Labute approximate surface area is 208 Å². The van der Waals surface area contributed by atoms with E-state index < -0.39 is 0 Å². The predicted molar refractivity (Wildman–Crippen MR) is 140 cm³/mol. The first-order valence-corrected chi connectivity index (χ1v) is 12.7. The van der Waals surface area contributed by atoms with Crippen LogP contribution in [-0.2, 0) is 20.4 Å². The van der Waals surface area contributed by atoms with Crippen LogP contribution in [0.4, 0.5) is 0 Å². The fourth-order valence-electron chi connectivity index (χ4n) is 2.61. The Balaban J connectivity index is -0.000000337. The summed E-state index contributed by atoms with van der Waals surface area (Å²) >= 11 is 2.18. The van der Waals surface area contributed by atoms with E-state index in [1.807, 2.05) is 18.2 Å². The van der Waals surface area contributed by atoms with Gasteiger partial charge < -0.3 is 14.7 Å². The van der Waals surface area contributed by atoms with Crippen molar-refractivity contribution >= 4 is 0 Å². The molecule has 1 rings (SSSR count). The van der Waals surface area contributed by atoms with Crippen LogP contribution in [0.15, 0.2) is 59.6 Å². The second kappa shape index (κ2) is 27.3. The number of allylic oxidation sites excluding steroid dienone is 4. The van der Waals surface area contributed by atoms with Gasteiger partial charge >= 0.3 is 55.4 Å². The Morgan fingerprint density at radius 2 is 1.00 bits per heavy atom. The van der Waals surface area contributed by atoms with Crippen LogP contribution in [0.3, 0.4) is 0 Å². The van der Waals surface area contributed by atoms with Gasteiger partial charge in [-0.3, -0.25) is 0 Å². The second-order valence-corrected chi connectivity index (χ2v) is 8.03. The number of rotatable bonds is 12. The topological polar surface area (TPSA) is 9.72 Å². The molecule has 0 amide bonds. The SMILES string of the molecule is C=CCN(CC)CC.C=CCN(CC)CC.C=CCN(CC)CC.CC1=[C]([Ti])CC=C1. The van der Waals surface area contributed by atoms with Crippen LogP contribution >= 0.6 is 0 Å². The molecule has 1 aliphatic rings.